The molecule has 0 aliphatic carbocycles. The summed E-state index contributed by atoms with van der Waals surface area (Å²) >= 11 is 0. The maximum absolute atomic E-state index is 12.3. The van der Waals surface area contributed by atoms with Gasteiger partial charge in [-0.3, -0.25) is 0 Å². The maximum Gasteiger partial charge on any atom is 0.244 e. The number of nitrogens with one attached hydrogen (secondary N) is 1. The van der Waals surface area contributed by atoms with Crippen LogP contribution in [0.2, 0.25) is 0 Å². The van der Waals surface area contributed by atoms with Crippen LogP contribution in [0.3, 0.4) is 0 Å². The van der Waals surface area contributed by atoms with Gasteiger partial charge in [0.2, 0.25) is 10.0 Å². The number of aryl methyl sites for hydroxylation is 2. The van der Waals surface area contributed by atoms with Crippen LogP contribution in [0.1, 0.15) is 17.2 Å². The summed E-state index contributed by atoms with van der Waals surface area (Å²) in [6.07, 6.45) is 1.99. The Kier molecular flexibility index (Phi) is 4.64. The molecule has 0 atom stereocenters. The first-order chi connectivity index (χ1) is 9.92. The van der Waals surface area contributed by atoms with Gasteiger partial charge in [0.05, 0.1) is 13.3 Å². The van der Waals surface area contributed by atoms with E-state index >= 15 is 0 Å². The quantitative estimate of drug-likeness (QED) is 0.880. The summed E-state index contributed by atoms with van der Waals surface area (Å²) in [5, 5.41) is 0. The zero-order chi connectivity index (χ0) is 15.5. The molecule has 0 amide bonds. The van der Waals surface area contributed by atoms with Gasteiger partial charge in [-0.25, -0.2) is 18.1 Å². The van der Waals surface area contributed by atoms with E-state index in [1.807, 2.05) is 6.92 Å². The van der Waals surface area contributed by atoms with Gasteiger partial charge in [0.15, 0.2) is 5.89 Å². The molecule has 7 heteroatoms. The lowest BCUT2D eigenvalue weighted by atomic mass is 10.2. The van der Waals surface area contributed by atoms with Crippen LogP contribution >= 0.6 is 0 Å². The van der Waals surface area contributed by atoms with Crippen molar-refractivity contribution in [2.75, 3.05) is 13.7 Å². The molecule has 2 rings (SSSR count). The number of hydrogen-bond acceptors (Lipinski definition) is 5. The highest BCUT2D eigenvalue weighted by Crippen LogP contribution is 2.24. The normalized spacial score (nSPS) is 11.6. The molecule has 0 bridgehead atoms. The van der Waals surface area contributed by atoms with Gasteiger partial charge in [-0.05, 0) is 31.5 Å². The standard InChI is InChI=1S/C14H18N2O4S/c1-10-4-5-12(19-3)13(8-10)21(17,18)16-7-6-14-15-9-11(2)20-14/h4-5,8-9,16H,6-7H2,1-3H3. The molecule has 0 aliphatic heterocycles. The van der Waals surface area contributed by atoms with E-state index in [2.05, 4.69) is 9.71 Å². The molecular weight excluding hydrogens is 292 g/mol. The Bertz CT molecular complexity index is 722. The van der Waals surface area contributed by atoms with Gasteiger partial charge in [-0.2, -0.15) is 0 Å². The Balaban J connectivity index is 2.09. The van der Waals surface area contributed by atoms with Crippen molar-refractivity contribution in [3.05, 3.63) is 41.6 Å². The molecule has 0 spiro atoms. The lowest BCUT2D eigenvalue weighted by Crippen LogP contribution is -2.26. The predicted octanol–water partition coefficient (Wildman–Crippen LogP) is 1.82. The summed E-state index contributed by atoms with van der Waals surface area (Å²) < 4.78 is 37.6. The van der Waals surface area contributed by atoms with Crippen LogP contribution in [0.15, 0.2) is 33.7 Å². The Morgan fingerprint density at radius 1 is 1.33 bits per heavy atom. The van der Waals surface area contributed by atoms with E-state index in [1.165, 1.54) is 7.11 Å². The molecule has 0 saturated carbocycles. The summed E-state index contributed by atoms with van der Waals surface area (Å²) in [6.45, 7) is 3.83. The number of rotatable bonds is 6. The molecule has 2 aromatic rings. The number of sulfonamides is 1. The molecule has 6 nitrogen and oxygen atoms in total. The van der Waals surface area contributed by atoms with Crippen molar-refractivity contribution in [2.24, 2.45) is 0 Å². The molecule has 0 unspecified atom stereocenters. The molecule has 1 aromatic heterocycles. The number of oxazole rings is 1. The fourth-order valence-electron chi connectivity index (χ4n) is 1.88. The zero-order valence-corrected chi connectivity index (χ0v) is 13.0. The number of nitrogens with zero attached hydrogens (tertiary/aromatic N) is 1. The van der Waals surface area contributed by atoms with Crippen LogP contribution in [-0.4, -0.2) is 27.1 Å². The second kappa shape index (κ2) is 6.28. The lowest BCUT2D eigenvalue weighted by molar-refractivity contribution is 0.402. The fraction of sp³-hybridized carbons (Fsp3) is 0.357. The van der Waals surface area contributed by atoms with Gasteiger partial charge in [0, 0.05) is 13.0 Å². The Morgan fingerprint density at radius 3 is 2.71 bits per heavy atom. The summed E-state index contributed by atoms with van der Waals surface area (Å²) in [5.41, 5.74) is 0.847. The monoisotopic (exact) mass is 310 g/mol. The molecule has 0 fully saturated rings. The molecule has 1 heterocycles. The average Bonchev–Trinajstić information content (AvgIpc) is 2.84. The first-order valence-corrected chi connectivity index (χ1v) is 7.96. The number of aromatic nitrogens is 1. The zero-order valence-electron chi connectivity index (χ0n) is 12.2. The fourth-order valence-corrected chi connectivity index (χ4v) is 3.16. The summed E-state index contributed by atoms with van der Waals surface area (Å²) in [5.74, 6) is 1.53. The second-order valence-electron chi connectivity index (χ2n) is 4.67. The van der Waals surface area contributed by atoms with E-state index in [1.54, 1.807) is 31.3 Å². The minimum Gasteiger partial charge on any atom is -0.495 e. The largest absolute Gasteiger partial charge is 0.495 e. The Hall–Kier alpha value is -1.86. The van der Waals surface area contributed by atoms with Gasteiger partial charge >= 0.3 is 0 Å². The molecule has 0 aliphatic rings. The smallest absolute Gasteiger partial charge is 0.244 e. The van der Waals surface area contributed by atoms with E-state index in [4.69, 9.17) is 9.15 Å². The topological polar surface area (TPSA) is 81.4 Å². The molecule has 0 saturated heterocycles. The molecule has 0 radical (unpaired) electrons. The van der Waals surface area contributed by atoms with Gasteiger partial charge < -0.3 is 9.15 Å². The van der Waals surface area contributed by atoms with Crippen LogP contribution in [0.25, 0.3) is 0 Å². The minimum atomic E-state index is -3.63. The molecule has 1 N–H and O–H groups in total. The third kappa shape index (κ3) is 3.83. The first-order valence-electron chi connectivity index (χ1n) is 6.48. The number of hydrogen-bond donors (Lipinski definition) is 1. The van der Waals surface area contributed by atoms with E-state index in [-0.39, 0.29) is 11.4 Å². The van der Waals surface area contributed by atoms with Crippen molar-refractivity contribution in [1.29, 1.82) is 0 Å². The van der Waals surface area contributed by atoms with Crippen molar-refractivity contribution < 1.29 is 17.6 Å². The van der Waals surface area contributed by atoms with Crippen molar-refractivity contribution in [1.82, 2.24) is 9.71 Å². The second-order valence-corrected chi connectivity index (χ2v) is 6.40. The van der Waals surface area contributed by atoms with Crippen molar-refractivity contribution in [3.63, 3.8) is 0 Å². The SMILES string of the molecule is COc1ccc(C)cc1S(=O)(=O)NCCc1ncc(C)o1. The van der Waals surface area contributed by atoms with Gasteiger partial charge in [0.1, 0.15) is 16.4 Å². The predicted molar refractivity (Wildman–Crippen MR) is 77.9 cm³/mol. The Labute approximate surface area is 124 Å². The summed E-state index contributed by atoms with van der Waals surface area (Å²) in [4.78, 5) is 4.16. The van der Waals surface area contributed by atoms with Gasteiger partial charge in [-0.1, -0.05) is 6.07 Å². The van der Waals surface area contributed by atoms with Crippen LogP contribution in [0.4, 0.5) is 0 Å². The third-order valence-electron chi connectivity index (χ3n) is 2.91. The van der Waals surface area contributed by atoms with Crippen LogP contribution in [0.5, 0.6) is 5.75 Å². The minimum absolute atomic E-state index is 0.133. The number of ether oxygens (including phenoxy) is 1. The lowest BCUT2D eigenvalue weighted by Gasteiger charge is -2.11. The highest BCUT2D eigenvalue weighted by Gasteiger charge is 2.19. The Morgan fingerprint density at radius 2 is 2.10 bits per heavy atom. The van der Waals surface area contributed by atoms with Crippen molar-refractivity contribution in [2.45, 2.75) is 25.2 Å². The highest BCUT2D eigenvalue weighted by molar-refractivity contribution is 7.89. The molecule has 21 heavy (non-hydrogen) atoms. The summed E-state index contributed by atoms with van der Waals surface area (Å²) in [7, 11) is -2.19. The van der Waals surface area contributed by atoms with Crippen LogP contribution in [-0.2, 0) is 16.4 Å². The molecular formula is C14H18N2O4S. The van der Waals surface area contributed by atoms with Gasteiger partial charge in [0.25, 0.3) is 0 Å². The van der Waals surface area contributed by atoms with E-state index < -0.39 is 10.0 Å². The first kappa shape index (κ1) is 15.5. The molecule has 1 aromatic carbocycles. The van der Waals surface area contributed by atoms with Crippen molar-refractivity contribution in [3.8, 4) is 5.75 Å². The van der Waals surface area contributed by atoms with E-state index in [0.29, 0.717) is 23.8 Å². The number of benzene rings is 1. The van der Waals surface area contributed by atoms with Crippen molar-refractivity contribution >= 4 is 10.0 Å². The van der Waals surface area contributed by atoms with Crippen LogP contribution < -0.4 is 9.46 Å². The highest BCUT2D eigenvalue weighted by atomic mass is 32.2. The number of methoxy groups -OCH3 is 1. The molecule has 114 valence electrons. The van der Waals surface area contributed by atoms with E-state index in [0.717, 1.165) is 5.56 Å². The van der Waals surface area contributed by atoms with Crippen LogP contribution in [0, 0.1) is 13.8 Å². The summed E-state index contributed by atoms with van der Waals surface area (Å²) in [6, 6.07) is 5.02. The van der Waals surface area contributed by atoms with Gasteiger partial charge in [-0.15, -0.1) is 0 Å². The third-order valence-corrected chi connectivity index (χ3v) is 4.39. The maximum atomic E-state index is 12.3. The van der Waals surface area contributed by atoms with E-state index in [9.17, 15) is 8.42 Å². The average molecular weight is 310 g/mol.